The molecule has 0 N–H and O–H groups in total. The van der Waals surface area contributed by atoms with Crippen LogP contribution in [-0.4, -0.2) is 54.7 Å². The molecular weight excluding hydrogens is 474 g/mol. The number of hydrogen-bond donors (Lipinski definition) is 0. The third-order valence-electron chi connectivity index (χ3n) is 5.08. The Morgan fingerprint density at radius 1 is 1.15 bits per heavy atom. The number of benzene rings is 2. The molecule has 1 fully saturated rings. The van der Waals surface area contributed by atoms with E-state index in [1.807, 2.05) is 37.3 Å². The summed E-state index contributed by atoms with van der Waals surface area (Å²) in [4.78, 5) is 14.4. The van der Waals surface area contributed by atoms with Crippen molar-refractivity contribution >= 4 is 27.9 Å². The summed E-state index contributed by atoms with van der Waals surface area (Å²) < 4.78 is 45.9. The number of rotatable bonds is 7. The predicted octanol–water partition coefficient (Wildman–Crippen LogP) is 5.23. The zero-order chi connectivity index (χ0) is 25.1. The highest BCUT2D eigenvalue weighted by Crippen LogP contribution is 2.33. The van der Waals surface area contributed by atoms with Crippen LogP contribution in [0.3, 0.4) is 0 Å². The van der Waals surface area contributed by atoms with E-state index in [2.05, 4.69) is 0 Å². The van der Waals surface area contributed by atoms with E-state index in [1.54, 1.807) is 46.8 Å². The molecule has 7 nitrogen and oxygen atoms in total. The summed E-state index contributed by atoms with van der Waals surface area (Å²) in [7, 11) is -4.26. The molecule has 1 saturated heterocycles. The number of hydrogen-bond acceptors (Lipinski definition) is 7. The highest BCUT2D eigenvalue weighted by molar-refractivity contribution is 7.99. The molecule has 0 saturated carbocycles. The summed E-state index contributed by atoms with van der Waals surface area (Å²) in [6.07, 6.45) is -1.61. The lowest BCUT2D eigenvalue weighted by Crippen LogP contribution is -2.53. The Morgan fingerprint density at radius 2 is 1.76 bits per heavy atom. The Kier molecular flexibility index (Phi) is 8.02. The second kappa shape index (κ2) is 10.3. The van der Waals surface area contributed by atoms with Crippen molar-refractivity contribution < 1.29 is 27.4 Å². The predicted molar refractivity (Wildman–Crippen MR) is 132 cm³/mol. The van der Waals surface area contributed by atoms with E-state index in [0.29, 0.717) is 0 Å². The van der Waals surface area contributed by atoms with Gasteiger partial charge in [0, 0.05) is 10.6 Å². The molecule has 1 aliphatic heterocycles. The van der Waals surface area contributed by atoms with Crippen LogP contribution in [0.5, 0.6) is 0 Å². The fraction of sp³-hybridized carbons (Fsp3) is 0.480. The molecule has 1 amide bonds. The lowest BCUT2D eigenvalue weighted by Gasteiger charge is -2.35. The highest BCUT2D eigenvalue weighted by Gasteiger charge is 2.47. The fourth-order valence-corrected chi connectivity index (χ4v) is 6.15. The second-order valence-electron chi connectivity index (χ2n) is 9.65. The van der Waals surface area contributed by atoms with Gasteiger partial charge in [-0.25, -0.2) is 13.2 Å². The van der Waals surface area contributed by atoms with Crippen LogP contribution >= 0.6 is 11.8 Å². The Morgan fingerprint density at radius 3 is 2.29 bits per heavy atom. The van der Waals surface area contributed by atoms with Crippen molar-refractivity contribution in [1.82, 2.24) is 4.31 Å². The molecule has 186 valence electrons. The van der Waals surface area contributed by atoms with Gasteiger partial charge in [0.1, 0.15) is 11.7 Å². The summed E-state index contributed by atoms with van der Waals surface area (Å²) >= 11 is 1.44. The summed E-state index contributed by atoms with van der Waals surface area (Å²) in [6, 6.07) is 15.1. The van der Waals surface area contributed by atoms with Gasteiger partial charge in [-0.1, -0.05) is 35.9 Å². The molecule has 1 aliphatic rings. The number of ether oxygens (including phenoxy) is 3. The van der Waals surface area contributed by atoms with Gasteiger partial charge in [0.05, 0.1) is 17.5 Å². The molecule has 1 heterocycles. The van der Waals surface area contributed by atoms with E-state index in [4.69, 9.17) is 14.2 Å². The van der Waals surface area contributed by atoms with Gasteiger partial charge < -0.3 is 14.2 Å². The first kappa shape index (κ1) is 26.5. The van der Waals surface area contributed by atoms with Gasteiger partial charge in [-0.05, 0) is 65.8 Å². The number of nitrogens with zero attached hydrogens (tertiary/aromatic N) is 1. The minimum atomic E-state index is -4.26. The third kappa shape index (κ3) is 6.75. The number of sulfonamides is 1. The first-order chi connectivity index (χ1) is 15.8. The SMILES string of the molecule is Cc1ccc(S(=O)(=O)N(C(=O)OC(C)(C)C)[C@@H](CSc2ccccc2)[C@@H]2COC(C)(C)O2)cc1. The fourth-order valence-electron chi connectivity index (χ4n) is 3.47. The Bertz CT molecular complexity index is 1080. The quantitative estimate of drug-likeness (QED) is 0.475. The molecule has 0 bridgehead atoms. The van der Waals surface area contributed by atoms with Gasteiger partial charge in [0.2, 0.25) is 0 Å². The van der Waals surface area contributed by atoms with Crippen molar-refractivity contribution in [3.05, 3.63) is 60.2 Å². The maximum Gasteiger partial charge on any atom is 0.424 e. The lowest BCUT2D eigenvalue weighted by atomic mass is 10.2. The maximum atomic E-state index is 13.9. The van der Waals surface area contributed by atoms with Crippen LogP contribution < -0.4 is 0 Å². The molecule has 0 radical (unpaired) electrons. The second-order valence-corrected chi connectivity index (χ2v) is 12.6. The van der Waals surface area contributed by atoms with Gasteiger partial charge in [-0.2, -0.15) is 4.31 Å². The Labute approximate surface area is 206 Å². The zero-order valence-electron chi connectivity index (χ0n) is 20.5. The van der Waals surface area contributed by atoms with Crippen molar-refractivity contribution in [3.8, 4) is 0 Å². The summed E-state index contributed by atoms with van der Waals surface area (Å²) in [5, 5.41) is 0. The number of aryl methyl sites for hydroxylation is 1. The van der Waals surface area contributed by atoms with Crippen LogP contribution in [0.25, 0.3) is 0 Å². The zero-order valence-corrected chi connectivity index (χ0v) is 22.1. The van der Waals surface area contributed by atoms with E-state index in [-0.39, 0.29) is 17.3 Å². The van der Waals surface area contributed by atoms with Crippen molar-refractivity contribution in [2.45, 2.75) is 74.9 Å². The van der Waals surface area contributed by atoms with Crippen molar-refractivity contribution in [1.29, 1.82) is 0 Å². The van der Waals surface area contributed by atoms with E-state index in [9.17, 15) is 13.2 Å². The molecule has 0 aromatic heterocycles. The molecular formula is C25H33NO6S2. The van der Waals surface area contributed by atoms with Gasteiger partial charge in [-0.15, -0.1) is 11.8 Å². The van der Waals surface area contributed by atoms with Crippen molar-refractivity contribution in [2.75, 3.05) is 12.4 Å². The molecule has 0 aliphatic carbocycles. The van der Waals surface area contributed by atoms with Gasteiger partial charge in [-0.3, -0.25) is 0 Å². The number of carbonyl (C=O) groups is 1. The van der Waals surface area contributed by atoms with Gasteiger partial charge in [0.25, 0.3) is 10.0 Å². The van der Waals surface area contributed by atoms with Crippen LogP contribution in [0.15, 0.2) is 64.4 Å². The molecule has 9 heteroatoms. The molecule has 3 rings (SSSR count). The minimum Gasteiger partial charge on any atom is -0.443 e. The molecule has 2 aromatic carbocycles. The van der Waals surface area contributed by atoms with Crippen LogP contribution in [-0.2, 0) is 24.2 Å². The van der Waals surface area contributed by atoms with Crippen molar-refractivity contribution in [2.24, 2.45) is 0 Å². The number of carbonyl (C=O) groups excluding carboxylic acids is 1. The smallest absolute Gasteiger partial charge is 0.424 e. The summed E-state index contributed by atoms with van der Waals surface area (Å²) in [5.74, 6) is -0.633. The first-order valence-corrected chi connectivity index (χ1v) is 13.5. The maximum absolute atomic E-state index is 13.9. The third-order valence-corrected chi connectivity index (χ3v) is 8.00. The molecule has 34 heavy (non-hydrogen) atoms. The van der Waals surface area contributed by atoms with Crippen LogP contribution in [0.1, 0.15) is 40.2 Å². The normalized spacial score (nSPS) is 18.9. The van der Waals surface area contributed by atoms with Gasteiger partial charge in [0.15, 0.2) is 5.79 Å². The van der Waals surface area contributed by atoms with E-state index >= 15 is 0 Å². The Balaban J connectivity index is 2.05. The standard InChI is InChI=1S/C25H33NO6S2/c1-18-12-14-20(15-13-18)34(28,29)26(23(27)32-24(2,3)4)21(22-16-30-25(5,6)31-22)17-33-19-10-8-7-9-11-19/h7-15,21-22H,16-17H2,1-6H3/t21-,22-/m0/s1. The highest BCUT2D eigenvalue weighted by atomic mass is 32.2. The lowest BCUT2D eigenvalue weighted by molar-refractivity contribution is -0.143. The van der Waals surface area contributed by atoms with Gasteiger partial charge >= 0.3 is 6.09 Å². The van der Waals surface area contributed by atoms with E-state index < -0.39 is 39.7 Å². The topological polar surface area (TPSA) is 82.1 Å². The van der Waals surface area contributed by atoms with Crippen LogP contribution in [0.4, 0.5) is 4.79 Å². The number of thioether (sulfide) groups is 1. The average molecular weight is 508 g/mol. The van der Waals surface area contributed by atoms with E-state index in [1.165, 1.54) is 23.9 Å². The molecule has 0 unspecified atom stereocenters. The molecule has 2 atom stereocenters. The molecule has 0 spiro atoms. The summed E-state index contributed by atoms with van der Waals surface area (Å²) in [5.41, 5.74) is 0.0231. The minimum absolute atomic E-state index is 0.0110. The van der Waals surface area contributed by atoms with Crippen LogP contribution in [0, 0.1) is 6.92 Å². The van der Waals surface area contributed by atoms with Crippen molar-refractivity contribution in [3.63, 3.8) is 0 Å². The van der Waals surface area contributed by atoms with E-state index in [0.717, 1.165) is 14.8 Å². The Hall–Kier alpha value is -2.07. The summed E-state index contributed by atoms with van der Waals surface area (Å²) in [6.45, 7) is 10.7. The average Bonchev–Trinajstić information content (AvgIpc) is 3.10. The first-order valence-electron chi connectivity index (χ1n) is 11.1. The van der Waals surface area contributed by atoms with Crippen LogP contribution in [0.2, 0.25) is 0 Å². The monoisotopic (exact) mass is 507 g/mol. The largest absolute Gasteiger partial charge is 0.443 e. The number of amides is 1. The molecule has 2 aromatic rings.